The summed E-state index contributed by atoms with van der Waals surface area (Å²) in [4.78, 5) is 2.66. The van der Waals surface area contributed by atoms with Gasteiger partial charge in [0.05, 0.1) is 5.41 Å². The maximum atomic E-state index is 2.50. The minimum absolute atomic E-state index is 0.354. The molecule has 1 heterocycles. The van der Waals surface area contributed by atoms with Gasteiger partial charge in [0.15, 0.2) is 0 Å². The first-order valence-electron chi connectivity index (χ1n) is 18.1. The predicted octanol–water partition coefficient (Wildman–Crippen LogP) is 13.8. The van der Waals surface area contributed by atoms with Crippen LogP contribution in [0, 0.1) is 0 Å². The highest BCUT2D eigenvalue weighted by Crippen LogP contribution is 2.63. The molecule has 0 saturated heterocycles. The molecule has 0 amide bonds. The van der Waals surface area contributed by atoms with E-state index in [-0.39, 0.29) is 5.41 Å². The molecule has 2 aliphatic carbocycles. The topological polar surface area (TPSA) is 0 Å². The third kappa shape index (κ3) is 3.63. The van der Waals surface area contributed by atoms with Crippen molar-refractivity contribution in [3.8, 4) is 55.6 Å². The second-order valence-electron chi connectivity index (χ2n) is 14.3. The molecule has 0 bridgehead atoms. The summed E-state index contributed by atoms with van der Waals surface area (Å²) in [6.45, 7) is 0. The number of hydrogen-bond donors (Lipinski definition) is 0. The second kappa shape index (κ2) is 10.4. The third-order valence-electron chi connectivity index (χ3n) is 11.9. The maximum absolute atomic E-state index is 2.50. The molecule has 0 unspecified atom stereocenters. The molecule has 52 heavy (non-hydrogen) atoms. The third-order valence-corrected chi connectivity index (χ3v) is 13.0. The molecule has 0 N–H and O–H groups in total. The first-order chi connectivity index (χ1) is 25.8. The Kier molecular flexibility index (Phi) is 5.73. The van der Waals surface area contributed by atoms with Gasteiger partial charge in [-0.2, -0.15) is 0 Å². The average molecular weight is 675 g/mol. The Bertz CT molecular complexity index is 2930. The van der Waals surface area contributed by atoms with Gasteiger partial charge >= 0.3 is 0 Å². The Morgan fingerprint density at radius 1 is 0.308 bits per heavy atom. The summed E-state index contributed by atoms with van der Waals surface area (Å²) in [5, 5.41) is 5.22. The summed E-state index contributed by atoms with van der Waals surface area (Å²) in [5.41, 5.74) is 18.2. The van der Waals surface area contributed by atoms with Crippen LogP contribution in [-0.2, 0) is 5.41 Å². The molecule has 0 saturated carbocycles. The monoisotopic (exact) mass is 674 g/mol. The summed E-state index contributed by atoms with van der Waals surface area (Å²) in [7, 11) is 0. The van der Waals surface area contributed by atoms with Crippen LogP contribution in [0.1, 0.15) is 22.3 Å². The van der Waals surface area contributed by atoms with Gasteiger partial charge in [-0.05, 0) is 118 Å². The van der Waals surface area contributed by atoms with E-state index in [0.29, 0.717) is 0 Å². The van der Waals surface area contributed by atoms with Crippen molar-refractivity contribution < 1.29 is 0 Å². The van der Waals surface area contributed by atoms with E-state index in [2.05, 4.69) is 182 Å². The fourth-order valence-corrected chi connectivity index (χ4v) is 10.9. The minimum Gasteiger partial charge on any atom is -0.0888 e. The molecule has 240 valence electrons. The van der Waals surface area contributed by atoms with E-state index in [4.69, 9.17) is 0 Å². The lowest BCUT2D eigenvalue weighted by molar-refractivity contribution is 0.794. The van der Waals surface area contributed by atoms with Crippen LogP contribution in [0.5, 0.6) is 0 Å². The van der Waals surface area contributed by atoms with Crippen LogP contribution >= 0.6 is 11.8 Å². The molecule has 9 aromatic carbocycles. The van der Waals surface area contributed by atoms with E-state index >= 15 is 0 Å². The van der Waals surface area contributed by atoms with Crippen LogP contribution in [0.25, 0.3) is 77.2 Å². The zero-order valence-corrected chi connectivity index (χ0v) is 29.0. The molecule has 1 spiro atoms. The van der Waals surface area contributed by atoms with Crippen molar-refractivity contribution in [2.45, 2.75) is 15.2 Å². The van der Waals surface area contributed by atoms with E-state index < -0.39 is 0 Å². The molecule has 0 fully saturated rings. The summed E-state index contributed by atoms with van der Waals surface area (Å²) >= 11 is 1.89. The van der Waals surface area contributed by atoms with E-state index in [1.54, 1.807) is 0 Å². The van der Waals surface area contributed by atoms with Crippen molar-refractivity contribution in [1.29, 1.82) is 0 Å². The number of benzene rings is 9. The van der Waals surface area contributed by atoms with Gasteiger partial charge in [0.2, 0.25) is 0 Å². The van der Waals surface area contributed by atoms with Crippen molar-refractivity contribution in [2.75, 3.05) is 0 Å². The predicted molar refractivity (Wildman–Crippen MR) is 218 cm³/mol. The van der Waals surface area contributed by atoms with Crippen molar-refractivity contribution in [3.05, 3.63) is 204 Å². The van der Waals surface area contributed by atoms with Crippen molar-refractivity contribution in [1.82, 2.24) is 0 Å². The van der Waals surface area contributed by atoms with Crippen molar-refractivity contribution >= 4 is 33.3 Å². The van der Waals surface area contributed by atoms with Gasteiger partial charge in [0, 0.05) is 15.2 Å². The van der Waals surface area contributed by atoms with Crippen molar-refractivity contribution in [3.63, 3.8) is 0 Å². The average Bonchev–Trinajstić information content (AvgIpc) is 3.68. The molecule has 0 atom stereocenters. The molecule has 1 heteroatoms. The van der Waals surface area contributed by atoms with Crippen LogP contribution in [-0.4, -0.2) is 0 Å². The summed E-state index contributed by atoms with van der Waals surface area (Å²) in [6, 6.07) is 68.5. The van der Waals surface area contributed by atoms with E-state index in [0.717, 1.165) is 0 Å². The molecule has 0 radical (unpaired) electrons. The molecule has 0 nitrogen and oxygen atoms in total. The quantitative estimate of drug-likeness (QED) is 0.176. The Hall–Kier alpha value is -6.15. The lowest BCUT2D eigenvalue weighted by Crippen LogP contribution is -2.25. The van der Waals surface area contributed by atoms with E-state index in [1.807, 2.05) is 11.8 Å². The molecular weight excluding hydrogens is 645 g/mol. The normalized spacial score (nSPS) is 13.8. The summed E-state index contributed by atoms with van der Waals surface area (Å²) in [6.07, 6.45) is 0. The Morgan fingerprint density at radius 3 is 1.46 bits per heavy atom. The van der Waals surface area contributed by atoms with Gasteiger partial charge in [-0.15, -0.1) is 0 Å². The van der Waals surface area contributed by atoms with Gasteiger partial charge in [0.25, 0.3) is 0 Å². The van der Waals surface area contributed by atoms with Gasteiger partial charge in [0.1, 0.15) is 0 Å². The highest BCUT2D eigenvalue weighted by atomic mass is 32.2. The van der Waals surface area contributed by atoms with Crippen LogP contribution in [0.2, 0.25) is 0 Å². The summed E-state index contributed by atoms with van der Waals surface area (Å²) < 4.78 is 0. The number of fused-ring (bicyclic) bond motifs is 13. The number of rotatable bonds is 2. The standard InChI is InChI=1S/C51H30S/c1-2-14-37-35(27-26-34(36(37)13-1)32-24-28-48-43(29-32)42-18-9-11-31-12-10-22-49(52-48)50(31)42)33-23-25-41-40-17-5-8-21-46(40)51(47(41)30-33)44-19-6-3-15-38(44)39-16-4-7-20-45(39)51/h1-30H. The fourth-order valence-electron chi connectivity index (χ4n) is 9.80. The molecular formula is C51H30S. The Labute approximate surface area is 307 Å². The first kappa shape index (κ1) is 28.5. The fraction of sp³-hybridized carbons (Fsp3) is 0.0196. The minimum atomic E-state index is -0.354. The Balaban J connectivity index is 1.06. The van der Waals surface area contributed by atoms with Crippen LogP contribution in [0.3, 0.4) is 0 Å². The van der Waals surface area contributed by atoms with Gasteiger partial charge in [-0.1, -0.05) is 169 Å². The molecule has 0 aromatic heterocycles. The second-order valence-corrected chi connectivity index (χ2v) is 15.4. The maximum Gasteiger partial charge on any atom is 0.0725 e. The smallest absolute Gasteiger partial charge is 0.0725 e. The van der Waals surface area contributed by atoms with Crippen LogP contribution < -0.4 is 0 Å². The summed E-state index contributed by atoms with van der Waals surface area (Å²) in [5.74, 6) is 0. The van der Waals surface area contributed by atoms with Crippen LogP contribution in [0.15, 0.2) is 192 Å². The van der Waals surface area contributed by atoms with Crippen molar-refractivity contribution in [2.24, 2.45) is 0 Å². The highest BCUT2D eigenvalue weighted by Gasteiger charge is 2.51. The Morgan fingerprint density at radius 2 is 0.808 bits per heavy atom. The van der Waals surface area contributed by atoms with Gasteiger partial charge in [-0.25, -0.2) is 0 Å². The van der Waals surface area contributed by atoms with Gasteiger partial charge in [-0.3, -0.25) is 0 Å². The van der Waals surface area contributed by atoms with Crippen LogP contribution in [0.4, 0.5) is 0 Å². The lowest BCUT2D eigenvalue weighted by Gasteiger charge is -2.30. The molecule has 9 aromatic rings. The largest absolute Gasteiger partial charge is 0.0888 e. The zero-order valence-electron chi connectivity index (χ0n) is 28.2. The lowest BCUT2D eigenvalue weighted by atomic mass is 9.70. The molecule has 1 aliphatic heterocycles. The van der Waals surface area contributed by atoms with Gasteiger partial charge < -0.3 is 0 Å². The van der Waals surface area contributed by atoms with E-state index in [1.165, 1.54) is 109 Å². The molecule has 3 aliphatic rings. The SMILES string of the molecule is c1ccc2c(c1)-c1ccccc1C21c2ccccc2-c2ccc(-c3ccc(-c4ccc5c(c4)-c4cccc6cccc(c46)S5)c4ccccc34)cc21. The van der Waals surface area contributed by atoms with E-state index in [9.17, 15) is 0 Å². The zero-order chi connectivity index (χ0) is 34.0. The highest BCUT2D eigenvalue weighted by molar-refractivity contribution is 7.99. The first-order valence-corrected chi connectivity index (χ1v) is 18.9. The molecule has 12 rings (SSSR count). The number of hydrogen-bond acceptors (Lipinski definition) is 1.